The average Bonchev–Trinajstić information content (AvgIpc) is 3.55. The predicted octanol–water partition coefficient (Wildman–Crippen LogP) is 3.46. The number of rotatable bonds is 5. The fourth-order valence-electron chi connectivity index (χ4n) is 5.24. The minimum absolute atomic E-state index is 0.286. The summed E-state index contributed by atoms with van der Waals surface area (Å²) in [5.74, 6) is 0.530. The van der Waals surface area contributed by atoms with Gasteiger partial charge < -0.3 is 25.4 Å². The number of likely N-dealkylation sites (N-methyl/N-ethyl adjacent to an activating group) is 1. The van der Waals surface area contributed by atoms with Crippen molar-refractivity contribution >= 4 is 45.1 Å². The van der Waals surface area contributed by atoms with Crippen LogP contribution in [0.3, 0.4) is 0 Å². The lowest BCUT2D eigenvalue weighted by Gasteiger charge is -2.34. The fourth-order valence-corrected chi connectivity index (χ4v) is 5.47. The van der Waals surface area contributed by atoms with E-state index in [2.05, 4.69) is 44.6 Å². The van der Waals surface area contributed by atoms with E-state index in [0.29, 0.717) is 22.9 Å². The SMILES string of the molecule is CN1CCN(c2ccc3nc(-c4c(NC[C@H]5CCCN5)c5ccccc5n(Cl)c4=O)[nH]c3c2)CC1. The molecule has 182 valence electrons. The van der Waals surface area contributed by atoms with E-state index in [1.165, 1.54) is 16.2 Å². The zero-order chi connectivity index (χ0) is 23.9. The molecule has 4 aromatic rings. The molecule has 2 aromatic heterocycles. The maximum absolute atomic E-state index is 13.5. The van der Waals surface area contributed by atoms with Crippen molar-refractivity contribution in [2.24, 2.45) is 0 Å². The Hall–Kier alpha value is -3.07. The number of fused-ring (bicyclic) bond motifs is 2. The molecule has 2 aliphatic heterocycles. The number of nitrogens with one attached hydrogen (secondary N) is 3. The van der Waals surface area contributed by atoms with Crippen LogP contribution in [-0.4, -0.2) is 71.3 Å². The van der Waals surface area contributed by atoms with Gasteiger partial charge in [-0.2, -0.15) is 0 Å². The molecule has 0 bridgehead atoms. The van der Waals surface area contributed by atoms with Gasteiger partial charge in [-0.25, -0.2) is 9.07 Å². The smallest absolute Gasteiger partial charge is 0.278 e. The highest BCUT2D eigenvalue weighted by Gasteiger charge is 2.23. The van der Waals surface area contributed by atoms with Crippen LogP contribution in [0.25, 0.3) is 33.3 Å². The van der Waals surface area contributed by atoms with Crippen LogP contribution in [0, 0.1) is 0 Å². The summed E-state index contributed by atoms with van der Waals surface area (Å²) in [5.41, 5.74) is 4.54. The average molecular weight is 492 g/mol. The fraction of sp³-hybridized carbons (Fsp3) is 0.385. The standard InChI is InChI=1S/C26H30ClN7O/c1-32-11-13-33(14-12-32)18-8-9-20-21(15-18)31-25(30-20)23-24(29-16-17-5-4-10-28-17)19-6-2-3-7-22(19)34(27)26(23)35/h2-3,6-9,15,17,28-29H,4-5,10-14,16H2,1H3,(H,30,31)/t17-/m1/s1. The Bertz CT molecular complexity index is 1430. The molecule has 6 rings (SSSR count). The van der Waals surface area contributed by atoms with Gasteiger partial charge in [0.05, 0.1) is 22.2 Å². The van der Waals surface area contributed by atoms with E-state index in [4.69, 9.17) is 16.8 Å². The Morgan fingerprint density at radius 3 is 2.77 bits per heavy atom. The molecular weight excluding hydrogens is 462 g/mol. The molecule has 2 aromatic carbocycles. The number of pyridine rings is 1. The second-order valence-electron chi connectivity index (χ2n) is 9.60. The maximum Gasteiger partial charge on any atom is 0.278 e. The normalized spacial score (nSPS) is 19.1. The zero-order valence-electron chi connectivity index (χ0n) is 19.9. The van der Waals surface area contributed by atoms with Crippen molar-refractivity contribution in [3.05, 3.63) is 52.8 Å². The highest BCUT2D eigenvalue weighted by Crippen LogP contribution is 2.33. The van der Waals surface area contributed by atoms with Crippen molar-refractivity contribution in [1.82, 2.24) is 24.3 Å². The third-order valence-corrected chi connectivity index (χ3v) is 7.62. The summed E-state index contributed by atoms with van der Waals surface area (Å²) in [5, 5.41) is 7.98. The number of para-hydroxylation sites is 1. The third-order valence-electron chi connectivity index (χ3n) is 7.29. The lowest BCUT2D eigenvalue weighted by Crippen LogP contribution is -2.44. The van der Waals surface area contributed by atoms with Gasteiger partial charge in [0.15, 0.2) is 0 Å². The van der Waals surface area contributed by atoms with Crippen LogP contribution in [0.2, 0.25) is 0 Å². The van der Waals surface area contributed by atoms with Crippen LogP contribution in [0.5, 0.6) is 0 Å². The van der Waals surface area contributed by atoms with Crippen molar-refractivity contribution in [2.75, 3.05) is 56.5 Å². The number of halogens is 1. The van der Waals surface area contributed by atoms with E-state index in [9.17, 15) is 4.79 Å². The Morgan fingerprint density at radius 2 is 1.97 bits per heavy atom. The monoisotopic (exact) mass is 491 g/mol. The number of anilines is 2. The van der Waals surface area contributed by atoms with Gasteiger partial charge >= 0.3 is 0 Å². The van der Waals surface area contributed by atoms with E-state index in [1.54, 1.807) is 0 Å². The van der Waals surface area contributed by atoms with Gasteiger partial charge in [-0.1, -0.05) is 18.2 Å². The number of H-pyrrole nitrogens is 1. The molecule has 2 aliphatic rings. The molecule has 0 spiro atoms. The van der Waals surface area contributed by atoms with Crippen LogP contribution in [0.1, 0.15) is 12.8 Å². The highest BCUT2D eigenvalue weighted by molar-refractivity contribution is 6.20. The molecule has 3 N–H and O–H groups in total. The molecule has 2 saturated heterocycles. The van der Waals surface area contributed by atoms with Gasteiger partial charge in [-0.3, -0.25) is 4.79 Å². The van der Waals surface area contributed by atoms with Crippen molar-refractivity contribution in [2.45, 2.75) is 18.9 Å². The van der Waals surface area contributed by atoms with Crippen LogP contribution >= 0.6 is 11.8 Å². The van der Waals surface area contributed by atoms with Crippen molar-refractivity contribution in [1.29, 1.82) is 0 Å². The van der Waals surface area contributed by atoms with Gasteiger partial charge in [0.2, 0.25) is 0 Å². The summed E-state index contributed by atoms with van der Waals surface area (Å²) >= 11 is 6.53. The third kappa shape index (κ3) is 4.16. The number of benzene rings is 2. The summed E-state index contributed by atoms with van der Waals surface area (Å²) in [7, 11) is 2.16. The van der Waals surface area contributed by atoms with E-state index >= 15 is 0 Å². The highest BCUT2D eigenvalue weighted by atomic mass is 35.5. The molecule has 0 saturated carbocycles. The first-order valence-electron chi connectivity index (χ1n) is 12.3. The molecular formula is C26H30ClN7O. The molecule has 1 atom stereocenters. The number of nitrogens with zero attached hydrogens (tertiary/aromatic N) is 4. The second-order valence-corrected chi connectivity index (χ2v) is 9.94. The molecule has 8 nitrogen and oxygen atoms in total. The lowest BCUT2D eigenvalue weighted by atomic mass is 10.1. The quantitative estimate of drug-likeness (QED) is 0.396. The molecule has 4 heterocycles. The maximum atomic E-state index is 13.5. The van der Waals surface area contributed by atoms with E-state index < -0.39 is 0 Å². The molecule has 2 fully saturated rings. The van der Waals surface area contributed by atoms with Crippen molar-refractivity contribution < 1.29 is 0 Å². The van der Waals surface area contributed by atoms with Gasteiger partial charge in [0.1, 0.15) is 11.4 Å². The minimum atomic E-state index is -0.286. The minimum Gasteiger partial charge on any atom is -0.382 e. The summed E-state index contributed by atoms with van der Waals surface area (Å²) in [4.78, 5) is 26.5. The summed E-state index contributed by atoms with van der Waals surface area (Å²) in [6.45, 7) is 5.84. The van der Waals surface area contributed by atoms with E-state index in [-0.39, 0.29) is 5.56 Å². The number of aromatic nitrogens is 3. The number of piperazine rings is 1. The Balaban J connectivity index is 1.44. The summed E-state index contributed by atoms with van der Waals surface area (Å²) in [6.07, 6.45) is 2.29. The van der Waals surface area contributed by atoms with E-state index in [0.717, 1.165) is 67.8 Å². The molecule has 0 unspecified atom stereocenters. The molecule has 0 radical (unpaired) electrons. The largest absolute Gasteiger partial charge is 0.382 e. The number of imidazole rings is 1. The van der Waals surface area contributed by atoms with Crippen LogP contribution < -0.4 is 21.1 Å². The summed E-state index contributed by atoms with van der Waals surface area (Å²) in [6, 6.07) is 14.4. The zero-order valence-corrected chi connectivity index (χ0v) is 20.6. The van der Waals surface area contributed by atoms with Crippen LogP contribution in [0.4, 0.5) is 11.4 Å². The first-order chi connectivity index (χ1) is 17.1. The van der Waals surface area contributed by atoms with Crippen molar-refractivity contribution in [3.8, 4) is 11.4 Å². The topological polar surface area (TPSA) is 81.2 Å². The van der Waals surface area contributed by atoms with E-state index in [1.807, 2.05) is 30.3 Å². The molecule has 35 heavy (non-hydrogen) atoms. The first-order valence-corrected chi connectivity index (χ1v) is 12.7. The summed E-state index contributed by atoms with van der Waals surface area (Å²) < 4.78 is 1.20. The number of hydrogen-bond donors (Lipinski definition) is 3. The predicted molar refractivity (Wildman–Crippen MR) is 144 cm³/mol. The Kier molecular flexibility index (Phi) is 5.88. The molecule has 0 aliphatic carbocycles. The first kappa shape index (κ1) is 22.4. The van der Waals surface area contributed by atoms with Crippen molar-refractivity contribution in [3.63, 3.8) is 0 Å². The lowest BCUT2D eigenvalue weighted by molar-refractivity contribution is 0.313. The van der Waals surface area contributed by atoms with Gasteiger partial charge in [-0.15, -0.1) is 0 Å². The number of hydrogen-bond acceptors (Lipinski definition) is 6. The van der Waals surface area contributed by atoms with Gasteiger partial charge in [0, 0.05) is 61.6 Å². The number of aromatic amines is 1. The second kappa shape index (κ2) is 9.18. The Labute approximate surface area is 209 Å². The van der Waals surface area contributed by atoms with Gasteiger partial charge in [0.25, 0.3) is 5.56 Å². The van der Waals surface area contributed by atoms with Crippen LogP contribution in [0.15, 0.2) is 47.3 Å². The Morgan fingerprint density at radius 1 is 1.14 bits per heavy atom. The molecule has 0 amide bonds. The van der Waals surface area contributed by atoms with Gasteiger partial charge in [-0.05, 0) is 50.7 Å². The van der Waals surface area contributed by atoms with Crippen LogP contribution in [-0.2, 0) is 0 Å². The molecule has 9 heteroatoms.